The van der Waals surface area contributed by atoms with Gasteiger partial charge in [-0.1, -0.05) is 60.7 Å². The number of nitrogens with zero attached hydrogens (tertiary/aromatic N) is 2. The smallest absolute Gasteiger partial charge is 0.333 e. The molecule has 4 atom stereocenters. The van der Waals surface area contributed by atoms with Gasteiger partial charge in [0, 0.05) is 12.3 Å². The van der Waals surface area contributed by atoms with Gasteiger partial charge in [0.05, 0.1) is 19.8 Å². The van der Waals surface area contributed by atoms with Gasteiger partial charge in [-0.3, -0.25) is 13.9 Å². The molecule has 7 nitrogen and oxygen atoms in total. The van der Waals surface area contributed by atoms with Crippen molar-refractivity contribution in [1.82, 2.24) is 9.13 Å². The van der Waals surface area contributed by atoms with Crippen LogP contribution in [0.1, 0.15) is 24.3 Å². The fraction of sp³-hybridized carbons (Fsp3) is 0.333. The van der Waals surface area contributed by atoms with Crippen LogP contribution >= 0.6 is 0 Å². The third kappa shape index (κ3) is 4.29. The summed E-state index contributed by atoms with van der Waals surface area (Å²) in [6, 6.07) is 19.5. The second-order valence-corrected chi connectivity index (χ2v) is 7.99. The van der Waals surface area contributed by atoms with Gasteiger partial charge in [0.15, 0.2) is 11.9 Å². The maximum atomic E-state index is 16.0. The topological polar surface area (TPSA) is 82.7 Å². The summed E-state index contributed by atoms with van der Waals surface area (Å²) in [5.74, 6) is 0. The lowest BCUT2D eigenvalue weighted by atomic mass is 9.98. The zero-order chi connectivity index (χ0) is 22.7. The highest BCUT2D eigenvalue weighted by Crippen LogP contribution is 2.42. The van der Waals surface area contributed by atoms with Crippen LogP contribution in [0.4, 0.5) is 4.39 Å². The van der Waals surface area contributed by atoms with Gasteiger partial charge in [0.25, 0.3) is 5.56 Å². The molecule has 1 saturated heterocycles. The van der Waals surface area contributed by atoms with Crippen molar-refractivity contribution in [3.63, 3.8) is 0 Å². The molecule has 8 heteroatoms. The molecule has 1 aliphatic rings. The molecule has 0 bridgehead atoms. The number of hydrogen-bond acceptors (Lipinski definition) is 5. The second-order valence-electron chi connectivity index (χ2n) is 7.99. The van der Waals surface area contributed by atoms with Crippen LogP contribution in [0.25, 0.3) is 0 Å². The van der Waals surface area contributed by atoms with E-state index in [-0.39, 0.29) is 13.2 Å². The van der Waals surface area contributed by atoms with E-state index in [1.54, 1.807) is 24.3 Å². The van der Waals surface area contributed by atoms with Crippen molar-refractivity contribution in [2.24, 2.45) is 0 Å². The van der Waals surface area contributed by atoms with Gasteiger partial charge in [-0.2, -0.15) is 0 Å². The van der Waals surface area contributed by atoms with E-state index in [9.17, 15) is 14.7 Å². The summed E-state index contributed by atoms with van der Waals surface area (Å²) in [7, 11) is 0. The zero-order valence-electron chi connectivity index (χ0n) is 17.6. The van der Waals surface area contributed by atoms with Crippen LogP contribution in [-0.4, -0.2) is 38.7 Å². The minimum absolute atomic E-state index is 0.0480. The Kier molecular flexibility index (Phi) is 6.36. The molecular formula is C24H25FN2O5. The van der Waals surface area contributed by atoms with E-state index in [0.29, 0.717) is 0 Å². The number of aliphatic hydroxyl groups is 1. The van der Waals surface area contributed by atoms with E-state index >= 15 is 4.39 Å². The Balaban J connectivity index is 1.63. The summed E-state index contributed by atoms with van der Waals surface area (Å²) in [5, 5.41) is 9.78. The van der Waals surface area contributed by atoms with Gasteiger partial charge < -0.3 is 14.6 Å². The van der Waals surface area contributed by atoms with Gasteiger partial charge in [0.2, 0.25) is 0 Å². The van der Waals surface area contributed by atoms with Crippen LogP contribution in [0.5, 0.6) is 0 Å². The second kappa shape index (κ2) is 9.20. The summed E-state index contributed by atoms with van der Waals surface area (Å²) in [6.07, 6.45) is -2.22. The van der Waals surface area contributed by atoms with Crippen LogP contribution in [0.3, 0.4) is 0 Å². The minimum Gasteiger partial charge on any atom is -0.394 e. The lowest BCUT2D eigenvalue weighted by molar-refractivity contribution is -0.0676. The van der Waals surface area contributed by atoms with Crippen molar-refractivity contribution in [3.05, 3.63) is 105 Å². The monoisotopic (exact) mass is 440 g/mol. The molecule has 0 radical (unpaired) electrons. The number of aliphatic hydroxyl groups excluding tert-OH is 1. The molecule has 3 aromatic rings. The van der Waals surface area contributed by atoms with Gasteiger partial charge in [-0.15, -0.1) is 0 Å². The van der Waals surface area contributed by atoms with Crippen LogP contribution < -0.4 is 11.2 Å². The highest BCUT2D eigenvalue weighted by atomic mass is 19.1. The van der Waals surface area contributed by atoms with E-state index < -0.39 is 42.0 Å². The van der Waals surface area contributed by atoms with Crippen molar-refractivity contribution in [3.8, 4) is 0 Å². The van der Waals surface area contributed by atoms with Crippen LogP contribution in [0.2, 0.25) is 0 Å². The average molecular weight is 440 g/mol. The quantitative estimate of drug-likeness (QED) is 0.610. The van der Waals surface area contributed by atoms with E-state index in [1.807, 2.05) is 36.4 Å². The first-order valence-corrected chi connectivity index (χ1v) is 10.4. The number of rotatable bonds is 7. The highest BCUT2D eigenvalue weighted by Gasteiger charge is 2.56. The molecule has 168 valence electrons. The molecule has 1 aromatic heterocycles. The maximum Gasteiger partial charge on any atom is 0.333 e. The van der Waals surface area contributed by atoms with Crippen LogP contribution in [0, 0.1) is 0 Å². The van der Waals surface area contributed by atoms with E-state index in [0.717, 1.165) is 20.3 Å². The Bertz CT molecular complexity index is 1160. The van der Waals surface area contributed by atoms with Gasteiger partial charge in [-0.25, -0.2) is 9.18 Å². The Morgan fingerprint density at radius 1 is 1.03 bits per heavy atom. The number of hydrogen-bond donors (Lipinski definition) is 1. The summed E-state index contributed by atoms with van der Waals surface area (Å²) in [5.41, 5.74) is -1.73. The first-order chi connectivity index (χ1) is 15.4. The van der Waals surface area contributed by atoms with Crippen molar-refractivity contribution >= 4 is 0 Å². The number of benzene rings is 2. The standard InChI is InChI=1S/C24H25FN2O5/c1-24(25)21(31-16-18-10-6-3-7-11-18)19(15-28)32-22(24)26-13-12-20(29)27(23(26)30)14-17-8-4-2-5-9-17/h2-13,19,21-22,28H,14-16H2,1H3/t19-,21-,22-,24-/m1/s1. The third-order valence-electron chi connectivity index (χ3n) is 5.66. The molecule has 0 spiro atoms. The molecule has 2 heterocycles. The zero-order valence-corrected chi connectivity index (χ0v) is 17.6. The summed E-state index contributed by atoms with van der Waals surface area (Å²) in [4.78, 5) is 25.5. The number of alkyl halides is 1. The Morgan fingerprint density at radius 3 is 2.28 bits per heavy atom. The van der Waals surface area contributed by atoms with Crippen molar-refractivity contribution in [2.45, 2.75) is 44.2 Å². The molecule has 0 unspecified atom stereocenters. The molecule has 1 aliphatic heterocycles. The number of aromatic nitrogens is 2. The SMILES string of the molecule is C[C@@]1(F)[C@H](OCc2ccccc2)[C@@H](CO)O[C@H]1n1ccc(=O)n(Cc2ccccc2)c1=O. The lowest BCUT2D eigenvalue weighted by Crippen LogP contribution is -2.47. The first kappa shape index (κ1) is 22.1. The van der Waals surface area contributed by atoms with Crippen molar-refractivity contribution in [1.29, 1.82) is 0 Å². The molecular weight excluding hydrogens is 415 g/mol. The van der Waals surface area contributed by atoms with Crippen molar-refractivity contribution in [2.75, 3.05) is 6.61 Å². The fourth-order valence-electron chi connectivity index (χ4n) is 4.00. The Hall–Kier alpha value is -3.07. The predicted molar refractivity (Wildman–Crippen MR) is 116 cm³/mol. The van der Waals surface area contributed by atoms with Gasteiger partial charge in [-0.05, 0) is 18.1 Å². The molecule has 0 aliphatic carbocycles. The molecule has 1 N–H and O–H groups in total. The molecule has 0 saturated carbocycles. The summed E-state index contributed by atoms with van der Waals surface area (Å²) < 4.78 is 29.6. The van der Waals surface area contributed by atoms with Crippen LogP contribution in [-0.2, 0) is 22.6 Å². The van der Waals surface area contributed by atoms with Crippen molar-refractivity contribution < 1.29 is 19.0 Å². The van der Waals surface area contributed by atoms with E-state index in [1.165, 1.54) is 19.2 Å². The Labute approximate surface area is 184 Å². The Morgan fingerprint density at radius 2 is 1.66 bits per heavy atom. The lowest BCUT2D eigenvalue weighted by Gasteiger charge is -2.28. The van der Waals surface area contributed by atoms with Gasteiger partial charge >= 0.3 is 5.69 Å². The van der Waals surface area contributed by atoms with E-state index in [4.69, 9.17) is 9.47 Å². The molecule has 2 aromatic carbocycles. The largest absolute Gasteiger partial charge is 0.394 e. The summed E-state index contributed by atoms with van der Waals surface area (Å²) >= 11 is 0. The van der Waals surface area contributed by atoms with Crippen LogP contribution in [0.15, 0.2) is 82.5 Å². The third-order valence-corrected chi connectivity index (χ3v) is 5.66. The highest BCUT2D eigenvalue weighted by molar-refractivity contribution is 5.16. The molecule has 32 heavy (non-hydrogen) atoms. The number of halogens is 1. The first-order valence-electron chi connectivity index (χ1n) is 10.4. The molecule has 1 fully saturated rings. The normalized spacial score (nSPS) is 25.2. The minimum atomic E-state index is -2.14. The van der Waals surface area contributed by atoms with Gasteiger partial charge in [0.1, 0.15) is 12.2 Å². The molecule has 0 amide bonds. The maximum absolute atomic E-state index is 16.0. The number of ether oxygens (including phenoxy) is 2. The average Bonchev–Trinajstić information content (AvgIpc) is 3.06. The molecule has 4 rings (SSSR count). The fourth-order valence-corrected chi connectivity index (χ4v) is 4.00. The predicted octanol–water partition coefficient (Wildman–Crippen LogP) is 2.26. The van der Waals surface area contributed by atoms with E-state index in [2.05, 4.69) is 0 Å². The summed E-state index contributed by atoms with van der Waals surface area (Å²) in [6.45, 7) is 0.975.